The van der Waals surface area contributed by atoms with Gasteiger partial charge in [0.2, 0.25) is 5.91 Å². The van der Waals surface area contributed by atoms with Crippen LogP contribution in [0.25, 0.3) is 5.69 Å². The summed E-state index contributed by atoms with van der Waals surface area (Å²) in [6.07, 6.45) is 0. The van der Waals surface area contributed by atoms with Gasteiger partial charge in [0.05, 0.1) is 12.1 Å². The zero-order valence-corrected chi connectivity index (χ0v) is 17.6. The summed E-state index contributed by atoms with van der Waals surface area (Å²) in [6, 6.07) is 9.37. The fourth-order valence-electron chi connectivity index (χ4n) is 3.10. The van der Waals surface area contributed by atoms with E-state index in [1.165, 1.54) is 0 Å². The molecule has 0 atom stereocenters. The molecule has 5 nitrogen and oxygen atoms in total. The SMILES string of the molecule is CCN(CC(=O)NC(C)(C)C)C(=O)c1cc(C)n(-c2ccc(Cl)cc2)c1C. The number of hydrogen-bond donors (Lipinski definition) is 1. The molecule has 0 saturated carbocycles. The van der Waals surface area contributed by atoms with Crippen molar-refractivity contribution in [2.24, 2.45) is 0 Å². The van der Waals surface area contributed by atoms with Crippen LogP contribution in [0.3, 0.4) is 0 Å². The second-order valence-corrected chi connectivity index (χ2v) is 8.15. The first-order valence-electron chi connectivity index (χ1n) is 9.08. The molecule has 0 aliphatic heterocycles. The van der Waals surface area contributed by atoms with Gasteiger partial charge in [-0.15, -0.1) is 0 Å². The smallest absolute Gasteiger partial charge is 0.256 e. The van der Waals surface area contributed by atoms with Crippen LogP contribution in [-0.2, 0) is 4.79 Å². The molecule has 2 rings (SSSR count). The lowest BCUT2D eigenvalue weighted by atomic mass is 10.1. The molecule has 0 spiro atoms. The molecule has 1 heterocycles. The van der Waals surface area contributed by atoms with Crippen molar-refractivity contribution in [1.82, 2.24) is 14.8 Å². The number of rotatable bonds is 5. The van der Waals surface area contributed by atoms with Gasteiger partial charge in [0.1, 0.15) is 0 Å². The summed E-state index contributed by atoms with van der Waals surface area (Å²) in [7, 11) is 0. The number of aromatic nitrogens is 1. The molecule has 0 aliphatic rings. The van der Waals surface area contributed by atoms with E-state index in [0.29, 0.717) is 17.1 Å². The van der Waals surface area contributed by atoms with E-state index in [9.17, 15) is 9.59 Å². The minimum absolute atomic E-state index is 0.0389. The van der Waals surface area contributed by atoms with E-state index in [-0.39, 0.29) is 23.9 Å². The Morgan fingerprint density at radius 2 is 1.74 bits per heavy atom. The molecule has 1 aromatic carbocycles. The van der Waals surface area contributed by atoms with Gasteiger partial charge in [-0.05, 0) is 71.9 Å². The quantitative estimate of drug-likeness (QED) is 0.836. The van der Waals surface area contributed by atoms with Gasteiger partial charge in [-0.1, -0.05) is 11.6 Å². The zero-order valence-electron chi connectivity index (χ0n) is 16.9. The van der Waals surface area contributed by atoms with Gasteiger partial charge in [-0.2, -0.15) is 0 Å². The van der Waals surface area contributed by atoms with Gasteiger partial charge in [0, 0.05) is 34.2 Å². The second-order valence-electron chi connectivity index (χ2n) is 7.71. The summed E-state index contributed by atoms with van der Waals surface area (Å²) in [5, 5.41) is 3.57. The molecule has 2 amide bonds. The van der Waals surface area contributed by atoms with E-state index in [0.717, 1.165) is 17.1 Å². The Morgan fingerprint density at radius 1 is 1.15 bits per heavy atom. The van der Waals surface area contributed by atoms with Crippen LogP contribution < -0.4 is 5.32 Å². The monoisotopic (exact) mass is 389 g/mol. The topological polar surface area (TPSA) is 54.3 Å². The average molecular weight is 390 g/mol. The molecule has 0 bridgehead atoms. The summed E-state index contributed by atoms with van der Waals surface area (Å²) in [5.41, 5.74) is 3.02. The third kappa shape index (κ3) is 5.13. The van der Waals surface area contributed by atoms with Crippen LogP contribution in [0.4, 0.5) is 0 Å². The Labute approximate surface area is 166 Å². The number of carbonyl (C=O) groups excluding carboxylic acids is 2. The summed E-state index contributed by atoms with van der Waals surface area (Å²) >= 11 is 5.98. The number of likely N-dealkylation sites (N-methyl/N-ethyl adjacent to an activating group) is 1. The van der Waals surface area contributed by atoms with E-state index >= 15 is 0 Å². The lowest BCUT2D eigenvalue weighted by Crippen LogP contribution is -2.47. The van der Waals surface area contributed by atoms with Gasteiger partial charge < -0.3 is 14.8 Å². The van der Waals surface area contributed by atoms with Crippen molar-refractivity contribution in [3.05, 3.63) is 52.3 Å². The maximum Gasteiger partial charge on any atom is 0.256 e. The molecule has 0 aliphatic carbocycles. The normalized spacial score (nSPS) is 11.4. The van der Waals surface area contributed by atoms with Crippen molar-refractivity contribution < 1.29 is 9.59 Å². The highest BCUT2D eigenvalue weighted by Gasteiger charge is 2.24. The Kier molecular flexibility index (Phi) is 6.37. The van der Waals surface area contributed by atoms with E-state index in [1.807, 2.05) is 76.4 Å². The Morgan fingerprint density at radius 3 is 2.26 bits per heavy atom. The molecular weight excluding hydrogens is 362 g/mol. The number of nitrogens with one attached hydrogen (secondary N) is 1. The maximum atomic E-state index is 13.1. The number of benzene rings is 1. The van der Waals surface area contributed by atoms with Crippen LogP contribution in [0.2, 0.25) is 5.02 Å². The van der Waals surface area contributed by atoms with Crippen molar-refractivity contribution >= 4 is 23.4 Å². The highest BCUT2D eigenvalue weighted by Crippen LogP contribution is 2.23. The van der Waals surface area contributed by atoms with Gasteiger partial charge in [0.15, 0.2) is 0 Å². The third-order valence-corrected chi connectivity index (χ3v) is 4.52. The van der Waals surface area contributed by atoms with Crippen LogP contribution >= 0.6 is 11.6 Å². The zero-order chi connectivity index (χ0) is 20.4. The van der Waals surface area contributed by atoms with Crippen LogP contribution in [0.1, 0.15) is 49.4 Å². The predicted octanol–water partition coefficient (Wildman–Crippen LogP) is 4.12. The van der Waals surface area contributed by atoms with E-state index in [1.54, 1.807) is 4.90 Å². The molecule has 1 aromatic heterocycles. The van der Waals surface area contributed by atoms with Crippen LogP contribution in [0.5, 0.6) is 0 Å². The van der Waals surface area contributed by atoms with E-state index < -0.39 is 0 Å². The molecule has 146 valence electrons. The summed E-state index contributed by atoms with van der Waals surface area (Å²) < 4.78 is 2.02. The van der Waals surface area contributed by atoms with Gasteiger partial charge in [-0.25, -0.2) is 0 Å². The molecule has 0 radical (unpaired) electrons. The molecule has 1 N–H and O–H groups in total. The van der Waals surface area contributed by atoms with Crippen molar-refractivity contribution in [3.8, 4) is 5.69 Å². The fourth-order valence-corrected chi connectivity index (χ4v) is 3.22. The number of carbonyl (C=O) groups is 2. The fraction of sp³-hybridized carbons (Fsp3) is 0.429. The number of halogens is 1. The minimum atomic E-state index is -0.329. The molecule has 2 aromatic rings. The highest BCUT2D eigenvalue weighted by atomic mass is 35.5. The second kappa shape index (κ2) is 8.17. The predicted molar refractivity (Wildman–Crippen MR) is 110 cm³/mol. The molecule has 0 saturated heterocycles. The number of hydrogen-bond acceptors (Lipinski definition) is 2. The van der Waals surface area contributed by atoms with Crippen LogP contribution in [0, 0.1) is 13.8 Å². The van der Waals surface area contributed by atoms with Crippen molar-refractivity contribution in [2.45, 2.75) is 47.1 Å². The molecule has 0 fully saturated rings. The van der Waals surface area contributed by atoms with E-state index in [2.05, 4.69) is 5.32 Å². The molecule has 6 heteroatoms. The largest absolute Gasteiger partial charge is 0.350 e. The Bertz CT molecular complexity index is 832. The first-order chi connectivity index (χ1) is 12.5. The number of aryl methyl sites for hydroxylation is 1. The molecular formula is C21H28ClN3O2. The van der Waals surface area contributed by atoms with Gasteiger partial charge in [0.25, 0.3) is 5.91 Å². The summed E-state index contributed by atoms with van der Waals surface area (Å²) in [6.45, 7) is 12.0. The van der Waals surface area contributed by atoms with Crippen molar-refractivity contribution in [1.29, 1.82) is 0 Å². The van der Waals surface area contributed by atoms with Crippen molar-refractivity contribution in [3.63, 3.8) is 0 Å². The lowest BCUT2D eigenvalue weighted by molar-refractivity contribution is -0.123. The van der Waals surface area contributed by atoms with Crippen molar-refractivity contribution in [2.75, 3.05) is 13.1 Å². The third-order valence-electron chi connectivity index (χ3n) is 4.26. The Hall–Kier alpha value is -2.27. The van der Waals surface area contributed by atoms with Crippen LogP contribution in [0.15, 0.2) is 30.3 Å². The highest BCUT2D eigenvalue weighted by molar-refractivity contribution is 6.30. The number of amides is 2. The van der Waals surface area contributed by atoms with Gasteiger partial charge >= 0.3 is 0 Å². The molecule has 0 unspecified atom stereocenters. The van der Waals surface area contributed by atoms with E-state index in [4.69, 9.17) is 11.6 Å². The summed E-state index contributed by atoms with van der Waals surface area (Å²) in [4.78, 5) is 26.9. The Balaban J connectivity index is 2.28. The van der Waals surface area contributed by atoms with Crippen LogP contribution in [-0.4, -0.2) is 39.9 Å². The van der Waals surface area contributed by atoms with Gasteiger partial charge in [-0.3, -0.25) is 9.59 Å². The molecule has 27 heavy (non-hydrogen) atoms. The summed E-state index contributed by atoms with van der Waals surface area (Å²) in [5.74, 6) is -0.306. The first kappa shape index (κ1) is 21.0. The lowest BCUT2D eigenvalue weighted by Gasteiger charge is -2.25. The first-order valence-corrected chi connectivity index (χ1v) is 9.46. The average Bonchev–Trinajstić information content (AvgIpc) is 2.86. The minimum Gasteiger partial charge on any atom is -0.350 e. The number of nitrogens with zero attached hydrogens (tertiary/aromatic N) is 2. The standard InChI is InChI=1S/C21H28ClN3O2/c1-7-24(13-19(26)23-21(4,5)6)20(27)18-12-14(2)25(15(18)3)17-10-8-16(22)9-11-17/h8-12H,7,13H2,1-6H3,(H,23,26). The maximum absolute atomic E-state index is 13.1.